The van der Waals surface area contributed by atoms with E-state index in [0.29, 0.717) is 6.54 Å². The number of carbonyl (C=O) groups excluding carboxylic acids is 1. The van der Waals surface area contributed by atoms with E-state index in [-0.39, 0.29) is 18.0 Å². The Morgan fingerprint density at radius 3 is 2.35 bits per heavy atom. The SMILES string of the molecule is CCC(C)(C)CNC(=O)NCC(OC)C(=O)O. The van der Waals surface area contributed by atoms with Crippen molar-refractivity contribution >= 4 is 12.0 Å². The lowest BCUT2D eigenvalue weighted by molar-refractivity contribution is -0.147. The first kappa shape index (κ1) is 15.7. The van der Waals surface area contributed by atoms with Crippen molar-refractivity contribution in [3.63, 3.8) is 0 Å². The van der Waals surface area contributed by atoms with Crippen molar-refractivity contribution < 1.29 is 19.4 Å². The molecule has 0 aliphatic rings. The van der Waals surface area contributed by atoms with Crippen LogP contribution in [0.1, 0.15) is 27.2 Å². The predicted molar refractivity (Wildman–Crippen MR) is 63.9 cm³/mol. The van der Waals surface area contributed by atoms with Gasteiger partial charge in [0.1, 0.15) is 0 Å². The number of aliphatic carboxylic acids is 1. The molecule has 3 N–H and O–H groups in total. The van der Waals surface area contributed by atoms with Crippen LogP contribution in [-0.4, -0.2) is 43.4 Å². The third-order valence-corrected chi connectivity index (χ3v) is 2.69. The topological polar surface area (TPSA) is 87.7 Å². The van der Waals surface area contributed by atoms with Crippen LogP contribution in [0.5, 0.6) is 0 Å². The molecule has 100 valence electrons. The summed E-state index contributed by atoms with van der Waals surface area (Å²) in [5.41, 5.74) is 0.0325. The number of carboxylic acids is 1. The number of urea groups is 1. The highest BCUT2D eigenvalue weighted by Gasteiger charge is 2.19. The molecule has 0 rings (SSSR count). The Bertz CT molecular complexity index is 266. The smallest absolute Gasteiger partial charge is 0.334 e. The number of hydrogen-bond donors (Lipinski definition) is 3. The van der Waals surface area contributed by atoms with Crippen molar-refractivity contribution in [1.29, 1.82) is 0 Å². The van der Waals surface area contributed by atoms with Gasteiger partial charge in [0.15, 0.2) is 6.10 Å². The second-order valence-electron chi connectivity index (χ2n) is 4.64. The highest BCUT2D eigenvalue weighted by Crippen LogP contribution is 2.17. The first-order valence-electron chi connectivity index (χ1n) is 5.59. The maximum Gasteiger partial charge on any atom is 0.334 e. The Morgan fingerprint density at radius 2 is 1.94 bits per heavy atom. The summed E-state index contributed by atoms with van der Waals surface area (Å²) in [4.78, 5) is 22.0. The molecule has 0 fully saturated rings. The van der Waals surface area contributed by atoms with Crippen molar-refractivity contribution in [1.82, 2.24) is 10.6 Å². The zero-order valence-electron chi connectivity index (χ0n) is 10.9. The molecule has 0 heterocycles. The average molecular weight is 246 g/mol. The Balaban J connectivity index is 3.91. The van der Waals surface area contributed by atoms with Gasteiger partial charge in [-0.05, 0) is 11.8 Å². The lowest BCUT2D eigenvalue weighted by atomic mass is 9.90. The highest BCUT2D eigenvalue weighted by molar-refractivity contribution is 5.76. The van der Waals surface area contributed by atoms with Gasteiger partial charge in [-0.1, -0.05) is 20.8 Å². The van der Waals surface area contributed by atoms with Gasteiger partial charge in [0.25, 0.3) is 0 Å². The zero-order chi connectivity index (χ0) is 13.5. The number of ether oxygens (including phenoxy) is 1. The van der Waals surface area contributed by atoms with Gasteiger partial charge in [0, 0.05) is 13.7 Å². The summed E-state index contributed by atoms with van der Waals surface area (Å²) in [6.07, 6.45) is -0.0664. The molecule has 1 unspecified atom stereocenters. The van der Waals surface area contributed by atoms with Crippen LogP contribution in [0.4, 0.5) is 4.79 Å². The number of nitrogens with one attached hydrogen (secondary N) is 2. The Kier molecular flexibility index (Phi) is 6.57. The van der Waals surface area contributed by atoms with E-state index in [9.17, 15) is 9.59 Å². The van der Waals surface area contributed by atoms with E-state index in [1.807, 2.05) is 20.8 Å². The lowest BCUT2D eigenvalue weighted by Crippen LogP contribution is -2.45. The molecule has 1 atom stereocenters. The van der Waals surface area contributed by atoms with Gasteiger partial charge in [-0.3, -0.25) is 0 Å². The van der Waals surface area contributed by atoms with E-state index in [0.717, 1.165) is 6.42 Å². The van der Waals surface area contributed by atoms with Gasteiger partial charge in [-0.25, -0.2) is 9.59 Å². The Morgan fingerprint density at radius 1 is 1.35 bits per heavy atom. The van der Waals surface area contributed by atoms with Crippen molar-refractivity contribution in [2.24, 2.45) is 5.41 Å². The molecule has 6 heteroatoms. The highest BCUT2D eigenvalue weighted by atomic mass is 16.5. The van der Waals surface area contributed by atoms with Gasteiger partial charge < -0.3 is 20.5 Å². The van der Waals surface area contributed by atoms with Gasteiger partial charge in [0.05, 0.1) is 6.54 Å². The number of hydrogen-bond acceptors (Lipinski definition) is 3. The van der Waals surface area contributed by atoms with Crippen molar-refractivity contribution in [3.8, 4) is 0 Å². The second kappa shape index (κ2) is 7.11. The van der Waals surface area contributed by atoms with Gasteiger partial charge >= 0.3 is 12.0 Å². The van der Waals surface area contributed by atoms with Crippen molar-refractivity contribution in [2.45, 2.75) is 33.3 Å². The normalized spacial score (nSPS) is 12.9. The fourth-order valence-corrected chi connectivity index (χ4v) is 0.964. The third-order valence-electron chi connectivity index (χ3n) is 2.69. The standard InChI is InChI=1S/C11H22N2O4/c1-5-11(2,3)7-13-10(16)12-6-8(17-4)9(14)15/h8H,5-7H2,1-4H3,(H,14,15)(H2,12,13,16). The van der Waals surface area contributed by atoms with E-state index < -0.39 is 12.1 Å². The van der Waals surface area contributed by atoms with Crippen LogP contribution >= 0.6 is 0 Å². The fraction of sp³-hybridized carbons (Fsp3) is 0.818. The van der Waals surface area contributed by atoms with E-state index in [2.05, 4.69) is 15.4 Å². The minimum absolute atomic E-state index is 0.0325. The van der Waals surface area contributed by atoms with Crippen LogP contribution in [-0.2, 0) is 9.53 Å². The van der Waals surface area contributed by atoms with Crippen LogP contribution < -0.4 is 10.6 Å². The number of amides is 2. The van der Waals surface area contributed by atoms with Crippen LogP contribution in [0.2, 0.25) is 0 Å². The Labute approximate surface area is 102 Å². The quantitative estimate of drug-likeness (QED) is 0.620. The van der Waals surface area contributed by atoms with E-state index >= 15 is 0 Å². The number of carboxylic acid groups (broad SMARTS) is 1. The molecule has 0 spiro atoms. The molecule has 2 amide bonds. The van der Waals surface area contributed by atoms with Gasteiger partial charge in [0.2, 0.25) is 0 Å². The van der Waals surface area contributed by atoms with Crippen LogP contribution in [0.15, 0.2) is 0 Å². The lowest BCUT2D eigenvalue weighted by Gasteiger charge is -2.23. The molecule has 0 aromatic heterocycles. The van der Waals surface area contributed by atoms with Crippen molar-refractivity contribution in [2.75, 3.05) is 20.2 Å². The molecule has 0 saturated heterocycles. The molecule has 0 saturated carbocycles. The molecule has 0 aromatic rings. The summed E-state index contributed by atoms with van der Waals surface area (Å²) in [6, 6.07) is -0.380. The molecule has 17 heavy (non-hydrogen) atoms. The third kappa shape index (κ3) is 6.78. The molecular weight excluding hydrogens is 224 g/mol. The molecule has 6 nitrogen and oxygen atoms in total. The summed E-state index contributed by atoms with van der Waals surface area (Å²) in [5, 5.41) is 13.8. The first-order valence-corrected chi connectivity index (χ1v) is 5.59. The van der Waals surface area contributed by atoms with E-state index in [1.54, 1.807) is 0 Å². The minimum Gasteiger partial charge on any atom is -0.479 e. The summed E-state index contributed by atoms with van der Waals surface area (Å²) in [5.74, 6) is -1.10. The fourth-order valence-electron chi connectivity index (χ4n) is 0.964. The predicted octanol–water partition coefficient (Wildman–Crippen LogP) is 0.821. The summed E-state index contributed by atoms with van der Waals surface area (Å²) in [7, 11) is 1.29. The number of rotatable bonds is 7. The van der Waals surface area contributed by atoms with E-state index in [1.165, 1.54) is 7.11 Å². The zero-order valence-corrected chi connectivity index (χ0v) is 10.9. The first-order chi connectivity index (χ1) is 7.82. The monoisotopic (exact) mass is 246 g/mol. The minimum atomic E-state index is -1.10. The molecule has 0 aliphatic heterocycles. The van der Waals surface area contributed by atoms with Crippen LogP contribution in [0, 0.1) is 5.41 Å². The molecule has 0 radical (unpaired) electrons. The summed E-state index contributed by atoms with van der Waals surface area (Å²) >= 11 is 0. The maximum absolute atomic E-state index is 11.4. The number of methoxy groups -OCH3 is 1. The largest absolute Gasteiger partial charge is 0.479 e. The van der Waals surface area contributed by atoms with Crippen LogP contribution in [0.3, 0.4) is 0 Å². The van der Waals surface area contributed by atoms with E-state index in [4.69, 9.17) is 5.11 Å². The molecule has 0 aliphatic carbocycles. The average Bonchev–Trinajstić information content (AvgIpc) is 2.27. The Hall–Kier alpha value is -1.30. The second-order valence-corrected chi connectivity index (χ2v) is 4.64. The molecule has 0 bridgehead atoms. The van der Waals surface area contributed by atoms with Gasteiger partial charge in [-0.15, -0.1) is 0 Å². The molecular formula is C11H22N2O4. The van der Waals surface area contributed by atoms with Crippen molar-refractivity contribution in [3.05, 3.63) is 0 Å². The summed E-state index contributed by atoms with van der Waals surface area (Å²) < 4.78 is 4.69. The number of carbonyl (C=O) groups is 2. The van der Waals surface area contributed by atoms with Gasteiger partial charge in [-0.2, -0.15) is 0 Å². The molecule has 0 aromatic carbocycles. The maximum atomic E-state index is 11.4. The summed E-state index contributed by atoms with van der Waals surface area (Å²) in [6.45, 7) is 6.63. The van der Waals surface area contributed by atoms with Crippen LogP contribution in [0.25, 0.3) is 0 Å².